The van der Waals surface area contributed by atoms with Gasteiger partial charge in [-0.1, -0.05) is 32.9 Å². The SMILES string of the molecule is CN(CCOc1ccc(C(C)(C)C)cc1)CC1CCCN1. The van der Waals surface area contributed by atoms with Gasteiger partial charge in [-0.2, -0.15) is 0 Å². The fraction of sp³-hybridized carbons (Fsp3) is 0.667. The minimum absolute atomic E-state index is 0.201. The first-order valence-corrected chi connectivity index (χ1v) is 8.10. The van der Waals surface area contributed by atoms with Crippen LogP contribution in [0.4, 0.5) is 0 Å². The number of hydrogen-bond acceptors (Lipinski definition) is 3. The molecule has 1 N–H and O–H groups in total. The zero-order valence-corrected chi connectivity index (χ0v) is 14.0. The molecule has 1 aliphatic rings. The minimum Gasteiger partial charge on any atom is -0.492 e. The van der Waals surface area contributed by atoms with Gasteiger partial charge in [-0.05, 0) is 49.5 Å². The molecule has 0 radical (unpaired) electrons. The van der Waals surface area contributed by atoms with E-state index in [4.69, 9.17) is 4.74 Å². The van der Waals surface area contributed by atoms with Gasteiger partial charge in [-0.25, -0.2) is 0 Å². The predicted molar refractivity (Wildman–Crippen MR) is 89.2 cm³/mol. The lowest BCUT2D eigenvalue weighted by Crippen LogP contribution is -2.37. The van der Waals surface area contributed by atoms with Gasteiger partial charge in [0.05, 0.1) is 0 Å². The van der Waals surface area contributed by atoms with Crippen LogP contribution in [0, 0.1) is 0 Å². The third-order valence-electron chi connectivity index (χ3n) is 4.16. The molecule has 2 rings (SSSR count). The van der Waals surface area contributed by atoms with E-state index in [1.807, 2.05) is 0 Å². The predicted octanol–water partition coefficient (Wildman–Crippen LogP) is 3.05. The molecule has 0 aliphatic carbocycles. The number of likely N-dealkylation sites (N-methyl/N-ethyl adjacent to an activating group) is 1. The maximum Gasteiger partial charge on any atom is 0.119 e. The van der Waals surface area contributed by atoms with Crippen LogP contribution < -0.4 is 10.1 Å². The third-order valence-corrected chi connectivity index (χ3v) is 4.16. The zero-order chi connectivity index (χ0) is 15.3. The van der Waals surface area contributed by atoms with Crippen LogP contribution in [0.2, 0.25) is 0 Å². The summed E-state index contributed by atoms with van der Waals surface area (Å²) in [6.45, 7) is 10.7. The normalized spacial score (nSPS) is 19.2. The molecule has 118 valence electrons. The molecule has 0 amide bonds. The Morgan fingerprint density at radius 1 is 1.24 bits per heavy atom. The lowest BCUT2D eigenvalue weighted by atomic mass is 9.87. The Morgan fingerprint density at radius 2 is 1.95 bits per heavy atom. The van der Waals surface area contributed by atoms with E-state index in [0.717, 1.165) is 25.4 Å². The van der Waals surface area contributed by atoms with Gasteiger partial charge in [0.25, 0.3) is 0 Å². The van der Waals surface area contributed by atoms with Gasteiger partial charge in [0.2, 0.25) is 0 Å². The van der Waals surface area contributed by atoms with Crippen LogP contribution in [0.25, 0.3) is 0 Å². The highest BCUT2D eigenvalue weighted by Gasteiger charge is 2.16. The number of rotatable bonds is 6. The molecular formula is C18H30N2O. The van der Waals surface area contributed by atoms with E-state index in [-0.39, 0.29) is 5.41 Å². The van der Waals surface area contributed by atoms with Crippen molar-refractivity contribution in [3.05, 3.63) is 29.8 Å². The largest absolute Gasteiger partial charge is 0.492 e. The quantitative estimate of drug-likeness (QED) is 0.871. The Bertz CT molecular complexity index is 416. The number of nitrogens with zero attached hydrogens (tertiary/aromatic N) is 1. The number of ether oxygens (including phenoxy) is 1. The molecule has 1 atom stereocenters. The standard InChI is InChI=1S/C18H30N2O/c1-18(2,3)15-7-9-17(10-8-15)21-13-12-20(4)14-16-6-5-11-19-16/h7-10,16,19H,5-6,11-14H2,1-4H3. The average molecular weight is 290 g/mol. The van der Waals surface area contributed by atoms with E-state index < -0.39 is 0 Å². The van der Waals surface area contributed by atoms with E-state index in [9.17, 15) is 0 Å². The van der Waals surface area contributed by atoms with Gasteiger partial charge < -0.3 is 15.0 Å². The number of nitrogens with one attached hydrogen (secondary N) is 1. The van der Waals surface area contributed by atoms with Gasteiger partial charge in [-0.15, -0.1) is 0 Å². The van der Waals surface area contributed by atoms with Crippen molar-refractivity contribution in [2.45, 2.75) is 45.1 Å². The summed E-state index contributed by atoms with van der Waals surface area (Å²) in [7, 11) is 2.17. The Morgan fingerprint density at radius 3 is 2.52 bits per heavy atom. The Labute approximate surface area is 129 Å². The maximum atomic E-state index is 5.85. The Hall–Kier alpha value is -1.06. The van der Waals surface area contributed by atoms with Crippen molar-refractivity contribution in [2.75, 3.05) is 33.3 Å². The molecule has 1 aliphatic heterocycles. The van der Waals surface area contributed by atoms with Crippen LogP contribution in [0.3, 0.4) is 0 Å². The molecule has 3 nitrogen and oxygen atoms in total. The highest BCUT2D eigenvalue weighted by Crippen LogP contribution is 2.24. The summed E-state index contributed by atoms with van der Waals surface area (Å²) in [5.41, 5.74) is 1.55. The molecule has 0 saturated carbocycles. The second-order valence-electron chi connectivity index (χ2n) is 7.18. The van der Waals surface area contributed by atoms with Crippen molar-refractivity contribution < 1.29 is 4.74 Å². The van der Waals surface area contributed by atoms with E-state index in [1.54, 1.807) is 0 Å². The maximum absolute atomic E-state index is 5.85. The molecule has 0 spiro atoms. The second-order valence-corrected chi connectivity index (χ2v) is 7.18. The van der Waals surface area contributed by atoms with Gasteiger partial charge in [0.1, 0.15) is 12.4 Å². The van der Waals surface area contributed by atoms with Gasteiger partial charge >= 0.3 is 0 Å². The first-order valence-electron chi connectivity index (χ1n) is 8.10. The van der Waals surface area contributed by atoms with Crippen molar-refractivity contribution in [3.63, 3.8) is 0 Å². The summed E-state index contributed by atoms with van der Waals surface area (Å²) < 4.78 is 5.85. The first-order chi connectivity index (χ1) is 9.95. The van der Waals surface area contributed by atoms with Crippen molar-refractivity contribution >= 4 is 0 Å². The molecule has 1 saturated heterocycles. The summed E-state index contributed by atoms with van der Waals surface area (Å²) >= 11 is 0. The van der Waals surface area contributed by atoms with E-state index >= 15 is 0 Å². The lowest BCUT2D eigenvalue weighted by Gasteiger charge is -2.21. The highest BCUT2D eigenvalue weighted by molar-refractivity contribution is 5.31. The van der Waals surface area contributed by atoms with Crippen molar-refractivity contribution in [3.8, 4) is 5.75 Å². The molecule has 1 aromatic carbocycles. The second kappa shape index (κ2) is 7.28. The minimum atomic E-state index is 0.201. The fourth-order valence-corrected chi connectivity index (χ4v) is 2.75. The highest BCUT2D eigenvalue weighted by atomic mass is 16.5. The molecular weight excluding hydrogens is 260 g/mol. The molecule has 21 heavy (non-hydrogen) atoms. The number of benzene rings is 1. The summed E-state index contributed by atoms with van der Waals surface area (Å²) in [4.78, 5) is 2.35. The van der Waals surface area contributed by atoms with Crippen LogP contribution in [-0.2, 0) is 5.41 Å². The molecule has 0 bridgehead atoms. The van der Waals surface area contributed by atoms with Crippen LogP contribution in [0.15, 0.2) is 24.3 Å². The first kappa shape index (κ1) is 16.3. The van der Waals surface area contributed by atoms with Gasteiger partial charge in [-0.3, -0.25) is 0 Å². The van der Waals surface area contributed by atoms with Crippen LogP contribution in [0.5, 0.6) is 5.75 Å². The van der Waals surface area contributed by atoms with Crippen LogP contribution in [-0.4, -0.2) is 44.2 Å². The van der Waals surface area contributed by atoms with Crippen molar-refractivity contribution in [1.82, 2.24) is 10.2 Å². The van der Waals surface area contributed by atoms with E-state index in [2.05, 4.69) is 62.3 Å². The Kier molecular flexibility index (Phi) is 5.65. The zero-order valence-electron chi connectivity index (χ0n) is 14.0. The molecule has 1 fully saturated rings. The lowest BCUT2D eigenvalue weighted by molar-refractivity contribution is 0.225. The number of hydrogen-bond donors (Lipinski definition) is 1. The van der Waals surface area contributed by atoms with Gasteiger partial charge in [0.15, 0.2) is 0 Å². The van der Waals surface area contributed by atoms with Crippen LogP contribution >= 0.6 is 0 Å². The summed E-state index contributed by atoms with van der Waals surface area (Å²) in [5, 5.41) is 3.53. The van der Waals surface area contributed by atoms with E-state index in [1.165, 1.54) is 24.9 Å². The van der Waals surface area contributed by atoms with Crippen molar-refractivity contribution in [2.24, 2.45) is 0 Å². The van der Waals surface area contributed by atoms with E-state index in [0.29, 0.717) is 6.04 Å². The van der Waals surface area contributed by atoms with Gasteiger partial charge in [0, 0.05) is 19.1 Å². The molecule has 1 heterocycles. The summed E-state index contributed by atoms with van der Waals surface area (Å²) in [6.07, 6.45) is 2.62. The molecule has 3 heteroatoms. The summed E-state index contributed by atoms with van der Waals surface area (Å²) in [6, 6.07) is 9.17. The topological polar surface area (TPSA) is 24.5 Å². The fourth-order valence-electron chi connectivity index (χ4n) is 2.75. The summed E-state index contributed by atoms with van der Waals surface area (Å²) in [5.74, 6) is 0.968. The average Bonchev–Trinajstić information content (AvgIpc) is 2.91. The molecule has 1 aromatic rings. The monoisotopic (exact) mass is 290 g/mol. The Balaban J connectivity index is 1.70. The molecule has 1 unspecified atom stereocenters. The van der Waals surface area contributed by atoms with Crippen molar-refractivity contribution in [1.29, 1.82) is 0 Å². The third kappa shape index (κ3) is 5.33. The van der Waals surface area contributed by atoms with Crippen LogP contribution in [0.1, 0.15) is 39.2 Å². The smallest absolute Gasteiger partial charge is 0.119 e. The molecule has 0 aromatic heterocycles.